The number of amides is 1. The van der Waals surface area contributed by atoms with Crippen molar-refractivity contribution in [2.75, 3.05) is 5.73 Å². The second kappa shape index (κ2) is 5.09. The Balaban J connectivity index is 2.40. The third-order valence-corrected chi connectivity index (χ3v) is 2.64. The van der Waals surface area contributed by atoms with Gasteiger partial charge in [0.1, 0.15) is 6.10 Å². The van der Waals surface area contributed by atoms with Crippen molar-refractivity contribution >= 4 is 22.4 Å². The molecule has 1 heterocycles. The molecule has 15 heavy (non-hydrogen) atoms. The predicted molar refractivity (Wildman–Crippen MR) is 59.2 cm³/mol. The number of aliphatic hydroxyl groups is 1. The molecule has 1 rings (SSSR count). The van der Waals surface area contributed by atoms with E-state index in [0.29, 0.717) is 17.4 Å². The standard InChI is InChI=1S/C9H15N3O2S/c1-5(2)7(13)8(14)11-3-6-4-15-9(10)12-6/h4-5,7,13H,3H2,1-2H3,(H2,10,12)(H,11,14)/t7-/m1/s1. The van der Waals surface area contributed by atoms with E-state index in [2.05, 4.69) is 10.3 Å². The van der Waals surface area contributed by atoms with Gasteiger partial charge in [-0.1, -0.05) is 13.8 Å². The molecule has 0 unspecified atom stereocenters. The lowest BCUT2D eigenvalue weighted by Crippen LogP contribution is -2.37. The van der Waals surface area contributed by atoms with Gasteiger partial charge in [0.25, 0.3) is 0 Å². The van der Waals surface area contributed by atoms with Gasteiger partial charge in [-0.2, -0.15) is 0 Å². The first-order chi connectivity index (χ1) is 7.00. The Morgan fingerprint density at radius 3 is 2.87 bits per heavy atom. The third-order valence-electron chi connectivity index (χ3n) is 1.91. The average molecular weight is 229 g/mol. The zero-order chi connectivity index (χ0) is 11.4. The molecule has 0 saturated carbocycles. The summed E-state index contributed by atoms with van der Waals surface area (Å²) in [5.74, 6) is -0.470. The molecular weight excluding hydrogens is 214 g/mol. The van der Waals surface area contributed by atoms with E-state index in [0.717, 1.165) is 0 Å². The van der Waals surface area contributed by atoms with Crippen molar-refractivity contribution in [3.8, 4) is 0 Å². The molecule has 0 aliphatic heterocycles. The SMILES string of the molecule is CC(C)[C@@H](O)C(=O)NCc1csc(N)n1. The molecule has 0 saturated heterocycles. The average Bonchev–Trinajstić information content (AvgIpc) is 2.59. The Morgan fingerprint density at radius 1 is 1.73 bits per heavy atom. The highest BCUT2D eigenvalue weighted by Gasteiger charge is 2.18. The summed E-state index contributed by atoms with van der Waals surface area (Å²) in [6.07, 6.45) is -0.971. The Morgan fingerprint density at radius 2 is 2.40 bits per heavy atom. The smallest absolute Gasteiger partial charge is 0.249 e. The summed E-state index contributed by atoms with van der Waals surface area (Å²) in [6.45, 7) is 3.87. The second-order valence-electron chi connectivity index (χ2n) is 3.58. The van der Waals surface area contributed by atoms with Crippen LogP contribution in [0, 0.1) is 5.92 Å². The van der Waals surface area contributed by atoms with E-state index >= 15 is 0 Å². The van der Waals surface area contributed by atoms with Crippen LogP contribution in [0.15, 0.2) is 5.38 Å². The molecule has 4 N–H and O–H groups in total. The quantitative estimate of drug-likeness (QED) is 0.695. The molecule has 5 nitrogen and oxygen atoms in total. The monoisotopic (exact) mass is 229 g/mol. The van der Waals surface area contributed by atoms with Crippen molar-refractivity contribution in [1.29, 1.82) is 0 Å². The molecule has 0 fully saturated rings. The minimum Gasteiger partial charge on any atom is -0.383 e. The fourth-order valence-electron chi connectivity index (χ4n) is 0.989. The van der Waals surface area contributed by atoms with Gasteiger partial charge < -0.3 is 16.2 Å². The van der Waals surface area contributed by atoms with Gasteiger partial charge in [0.05, 0.1) is 12.2 Å². The summed E-state index contributed by atoms with van der Waals surface area (Å²) < 4.78 is 0. The van der Waals surface area contributed by atoms with Gasteiger partial charge in [0.2, 0.25) is 5.91 Å². The minimum absolute atomic E-state index is 0.0921. The third kappa shape index (κ3) is 3.49. The van der Waals surface area contributed by atoms with Crippen LogP contribution in [0.2, 0.25) is 0 Å². The molecule has 0 spiro atoms. The maximum atomic E-state index is 11.3. The maximum absolute atomic E-state index is 11.3. The number of anilines is 1. The van der Waals surface area contributed by atoms with E-state index in [1.807, 2.05) is 0 Å². The number of aromatic nitrogens is 1. The van der Waals surface area contributed by atoms with E-state index in [1.165, 1.54) is 11.3 Å². The highest BCUT2D eigenvalue weighted by Crippen LogP contribution is 2.10. The number of aliphatic hydroxyl groups excluding tert-OH is 1. The van der Waals surface area contributed by atoms with Crippen LogP contribution in [-0.2, 0) is 11.3 Å². The Labute approximate surface area is 92.3 Å². The lowest BCUT2D eigenvalue weighted by Gasteiger charge is -2.13. The molecule has 84 valence electrons. The maximum Gasteiger partial charge on any atom is 0.249 e. The van der Waals surface area contributed by atoms with E-state index in [1.54, 1.807) is 19.2 Å². The number of carbonyl (C=O) groups is 1. The van der Waals surface area contributed by atoms with Gasteiger partial charge >= 0.3 is 0 Å². The number of nitrogens with zero attached hydrogens (tertiary/aromatic N) is 1. The van der Waals surface area contributed by atoms with Crippen LogP contribution >= 0.6 is 11.3 Å². The van der Waals surface area contributed by atoms with Crippen molar-refractivity contribution in [2.45, 2.75) is 26.5 Å². The topological polar surface area (TPSA) is 88.2 Å². The summed E-state index contributed by atoms with van der Waals surface area (Å²) >= 11 is 1.32. The fourth-order valence-corrected chi connectivity index (χ4v) is 1.55. The number of nitrogens with two attached hydrogens (primary N) is 1. The summed E-state index contributed by atoms with van der Waals surface area (Å²) in [7, 11) is 0. The van der Waals surface area contributed by atoms with E-state index in [4.69, 9.17) is 5.73 Å². The number of nitrogens with one attached hydrogen (secondary N) is 1. The van der Waals surface area contributed by atoms with Crippen LogP contribution in [0.4, 0.5) is 5.13 Å². The first-order valence-electron chi connectivity index (χ1n) is 4.66. The molecule has 1 aromatic rings. The number of hydrogen-bond donors (Lipinski definition) is 3. The van der Waals surface area contributed by atoms with E-state index < -0.39 is 6.10 Å². The fraction of sp³-hybridized carbons (Fsp3) is 0.556. The molecule has 1 amide bonds. The van der Waals surface area contributed by atoms with Gasteiger partial charge in [0, 0.05) is 5.38 Å². The van der Waals surface area contributed by atoms with Crippen LogP contribution in [0.3, 0.4) is 0 Å². The van der Waals surface area contributed by atoms with Gasteiger partial charge in [-0.05, 0) is 5.92 Å². The number of hydrogen-bond acceptors (Lipinski definition) is 5. The zero-order valence-corrected chi connectivity index (χ0v) is 9.54. The highest BCUT2D eigenvalue weighted by molar-refractivity contribution is 7.13. The van der Waals surface area contributed by atoms with Crippen LogP contribution in [0.1, 0.15) is 19.5 Å². The lowest BCUT2D eigenvalue weighted by molar-refractivity contribution is -0.131. The van der Waals surface area contributed by atoms with Crippen molar-refractivity contribution in [3.05, 3.63) is 11.1 Å². The summed E-state index contributed by atoms with van der Waals surface area (Å²) in [5, 5.41) is 14.3. The molecule has 1 aromatic heterocycles. The Bertz CT molecular complexity index is 338. The van der Waals surface area contributed by atoms with Crippen molar-refractivity contribution in [2.24, 2.45) is 5.92 Å². The van der Waals surface area contributed by atoms with Crippen LogP contribution in [0.25, 0.3) is 0 Å². The molecule has 6 heteroatoms. The van der Waals surface area contributed by atoms with Gasteiger partial charge in [-0.15, -0.1) is 11.3 Å². The molecule has 0 aromatic carbocycles. The van der Waals surface area contributed by atoms with Gasteiger partial charge in [-0.25, -0.2) is 4.98 Å². The zero-order valence-electron chi connectivity index (χ0n) is 8.73. The first kappa shape index (κ1) is 11.9. The van der Waals surface area contributed by atoms with Gasteiger partial charge in [-0.3, -0.25) is 4.79 Å². The molecule has 0 aliphatic carbocycles. The second-order valence-corrected chi connectivity index (χ2v) is 4.47. The highest BCUT2D eigenvalue weighted by atomic mass is 32.1. The van der Waals surface area contributed by atoms with Crippen molar-refractivity contribution < 1.29 is 9.90 Å². The Hall–Kier alpha value is -1.14. The summed E-state index contributed by atoms with van der Waals surface area (Å²) in [6, 6.07) is 0. The van der Waals surface area contributed by atoms with Crippen LogP contribution in [0.5, 0.6) is 0 Å². The molecule has 0 radical (unpaired) electrons. The molecule has 1 atom stereocenters. The van der Waals surface area contributed by atoms with Gasteiger partial charge in [0.15, 0.2) is 5.13 Å². The molecular formula is C9H15N3O2S. The lowest BCUT2D eigenvalue weighted by atomic mass is 10.1. The van der Waals surface area contributed by atoms with Crippen LogP contribution in [-0.4, -0.2) is 22.1 Å². The predicted octanol–water partition coefficient (Wildman–Crippen LogP) is 0.358. The largest absolute Gasteiger partial charge is 0.383 e. The number of thiazole rings is 1. The van der Waals surface area contributed by atoms with Crippen LogP contribution < -0.4 is 11.1 Å². The number of carbonyl (C=O) groups excluding carboxylic acids is 1. The van der Waals surface area contributed by atoms with Crippen molar-refractivity contribution in [1.82, 2.24) is 10.3 Å². The number of rotatable bonds is 4. The normalized spacial score (nSPS) is 12.8. The first-order valence-corrected chi connectivity index (χ1v) is 5.54. The summed E-state index contributed by atoms with van der Waals surface area (Å²) in [4.78, 5) is 15.3. The number of nitrogen functional groups attached to an aromatic ring is 1. The molecule has 0 bridgehead atoms. The minimum atomic E-state index is -0.971. The van der Waals surface area contributed by atoms with Crippen molar-refractivity contribution in [3.63, 3.8) is 0 Å². The van der Waals surface area contributed by atoms with E-state index in [9.17, 15) is 9.90 Å². The summed E-state index contributed by atoms with van der Waals surface area (Å²) in [5.41, 5.74) is 6.15. The Kier molecular flexibility index (Phi) is 4.05. The van der Waals surface area contributed by atoms with E-state index in [-0.39, 0.29) is 11.8 Å². The molecule has 0 aliphatic rings.